The molecule has 1 aromatic carbocycles. The monoisotopic (exact) mass is 255 g/mol. The van der Waals surface area contributed by atoms with Gasteiger partial charge in [0.1, 0.15) is 0 Å². The molecule has 1 aliphatic rings. The van der Waals surface area contributed by atoms with Crippen molar-refractivity contribution in [2.75, 3.05) is 5.73 Å². The van der Waals surface area contributed by atoms with E-state index in [0.29, 0.717) is 17.8 Å². The molecule has 0 spiro atoms. The largest absolute Gasteiger partial charge is 0.398 e. The lowest BCUT2D eigenvalue weighted by Gasteiger charge is -2.22. The summed E-state index contributed by atoms with van der Waals surface area (Å²) >= 11 is 0. The van der Waals surface area contributed by atoms with E-state index >= 15 is 0 Å². The Hall–Kier alpha value is -1.50. The molecule has 0 heterocycles. The molecule has 2 N–H and O–H groups in total. The molecule has 0 saturated carbocycles. The van der Waals surface area contributed by atoms with Crippen molar-refractivity contribution in [3.8, 4) is 0 Å². The fraction of sp³-hybridized carbons (Fsp3) is 0.444. The quantitative estimate of drug-likeness (QED) is 0.746. The predicted molar refractivity (Wildman–Crippen MR) is 84.7 cm³/mol. The van der Waals surface area contributed by atoms with E-state index in [0.717, 1.165) is 12.1 Å². The van der Waals surface area contributed by atoms with Crippen LogP contribution in [-0.2, 0) is 0 Å². The fourth-order valence-corrected chi connectivity index (χ4v) is 2.72. The van der Waals surface area contributed by atoms with Crippen LogP contribution in [0.3, 0.4) is 0 Å². The van der Waals surface area contributed by atoms with Crippen molar-refractivity contribution in [1.82, 2.24) is 0 Å². The molecule has 0 fully saturated rings. The molecule has 19 heavy (non-hydrogen) atoms. The average molecular weight is 255 g/mol. The van der Waals surface area contributed by atoms with Crippen LogP contribution in [0.2, 0.25) is 0 Å². The number of anilines is 1. The third-order valence-corrected chi connectivity index (χ3v) is 3.92. The van der Waals surface area contributed by atoms with Gasteiger partial charge in [-0.25, -0.2) is 0 Å². The van der Waals surface area contributed by atoms with Crippen LogP contribution in [0.25, 0.3) is 0 Å². The first kappa shape index (κ1) is 13.9. The van der Waals surface area contributed by atoms with Gasteiger partial charge in [-0.05, 0) is 34.9 Å². The zero-order chi connectivity index (χ0) is 14.0. The molecule has 0 aromatic heterocycles. The minimum atomic E-state index is 0.473. The Morgan fingerprint density at radius 1 is 1.00 bits per heavy atom. The Balaban J connectivity index is 2.49. The van der Waals surface area contributed by atoms with E-state index in [1.165, 1.54) is 16.7 Å². The van der Waals surface area contributed by atoms with Crippen molar-refractivity contribution in [3.05, 3.63) is 53.1 Å². The predicted octanol–water partition coefficient (Wildman–Crippen LogP) is 5.12. The van der Waals surface area contributed by atoms with Crippen molar-refractivity contribution >= 4 is 5.69 Å². The van der Waals surface area contributed by atoms with Crippen molar-refractivity contribution in [2.24, 2.45) is 0 Å². The highest BCUT2D eigenvalue weighted by molar-refractivity contribution is 5.59. The molecule has 1 unspecified atom stereocenters. The molecular weight excluding hydrogens is 230 g/mol. The normalized spacial score (nSPS) is 18.5. The molecule has 0 radical (unpaired) electrons. The van der Waals surface area contributed by atoms with E-state index < -0.39 is 0 Å². The summed E-state index contributed by atoms with van der Waals surface area (Å²) in [7, 11) is 0. The summed E-state index contributed by atoms with van der Waals surface area (Å²) in [6.07, 6.45) is 9.90. The van der Waals surface area contributed by atoms with Crippen LogP contribution in [0.5, 0.6) is 0 Å². The fourth-order valence-electron chi connectivity index (χ4n) is 2.72. The zero-order valence-electron chi connectivity index (χ0n) is 12.5. The summed E-state index contributed by atoms with van der Waals surface area (Å²) in [5.41, 5.74) is 11.3. The summed E-state index contributed by atoms with van der Waals surface area (Å²) in [4.78, 5) is 0. The van der Waals surface area contributed by atoms with Gasteiger partial charge in [0.2, 0.25) is 0 Å². The standard InChI is InChI=1S/C18H25N/c1-12(2)16-10-15(14-8-6-5-7-9-14)11-17(13(3)4)18(16)19/h5-8,10-14H,9,19H2,1-4H3. The van der Waals surface area contributed by atoms with Crippen molar-refractivity contribution in [1.29, 1.82) is 0 Å². The SMILES string of the molecule is CC(C)c1cc(C2C=CC=CC2)cc(C(C)C)c1N. The topological polar surface area (TPSA) is 26.0 Å². The van der Waals surface area contributed by atoms with Crippen LogP contribution in [-0.4, -0.2) is 0 Å². The van der Waals surface area contributed by atoms with Gasteiger partial charge in [-0.3, -0.25) is 0 Å². The lowest BCUT2D eigenvalue weighted by Crippen LogP contribution is -2.07. The summed E-state index contributed by atoms with van der Waals surface area (Å²) in [6.45, 7) is 8.87. The second kappa shape index (κ2) is 5.64. The Kier molecular flexibility index (Phi) is 4.14. The minimum absolute atomic E-state index is 0.473. The van der Waals surface area contributed by atoms with E-state index in [1.54, 1.807) is 0 Å². The second-order valence-corrected chi connectivity index (χ2v) is 6.08. The number of hydrogen-bond donors (Lipinski definition) is 1. The molecule has 1 heteroatoms. The zero-order valence-corrected chi connectivity index (χ0v) is 12.5. The van der Waals surface area contributed by atoms with Crippen LogP contribution >= 0.6 is 0 Å². The summed E-state index contributed by atoms with van der Waals surface area (Å²) < 4.78 is 0. The van der Waals surface area contributed by atoms with Gasteiger partial charge < -0.3 is 5.73 Å². The van der Waals surface area contributed by atoms with E-state index in [2.05, 4.69) is 64.1 Å². The average Bonchev–Trinajstić information content (AvgIpc) is 2.39. The first-order valence-corrected chi connectivity index (χ1v) is 7.27. The van der Waals surface area contributed by atoms with Gasteiger partial charge in [-0.2, -0.15) is 0 Å². The summed E-state index contributed by atoms with van der Waals surface area (Å²) in [5, 5.41) is 0. The van der Waals surface area contributed by atoms with Crippen LogP contribution in [0.1, 0.15) is 68.6 Å². The lowest BCUT2D eigenvalue weighted by molar-refractivity contribution is 0.806. The van der Waals surface area contributed by atoms with Gasteiger partial charge in [-0.15, -0.1) is 0 Å². The van der Waals surface area contributed by atoms with Crippen LogP contribution in [0, 0.1) is 0 Å². The molecule has 1 aliphatic carbocycles. The van der Waals surface area contributed by atoms with Gasteiger partial charge in [0, 0.05) is 11.6 Å². The van der Waals surface area contributed by atoms with Crippen molar-refractivity contribution < 1.29 is 0 Å². The first-order chi connectivity index (χ1) is 9.00. The smallest absolute Gasteiger partial charge is 0.0384 e. The van der Waals surface area contributed by atoms with Gasteiger partial charge in [0.15, 0.2) is 0 Å². The van der Waals surface area contributed by atoms with E-state index in [-0.39, 0.29) is 0 Å². The molecule has 2 rings (SSSR count). The molecule has 0 aliphatic heterocycles. The first-order valence-electron chi connectivity index (χ1n) is 7.27. The maximum atomic E-state index is 6.35. The highest BCUT2D eigenvalue weighted by Crippen LogP contribution is 2.35. The number of rotatable bonds is 3. The molecular formula is C18H25N. The Morgan fingerprint density at radius 2 is 1.58 bits per heavy atom. The van der Waals surface area contributed by atoms with Gasteiger partial charge in [0.05, 0.1) is 0 Å². The van der Waals surface area contributed by atoms with Gasteiger partial charge >= 0.3 is 0 Å². The molecule has 0 saturated heterocycles. The third kappa shape index (κ3) is 2.91. The Bertz CT molecular complexity index is 477. The highest BCUT2D eigenvalue weighted by atomic mass is 14.6. The maximum Gasteiger partial charge on any atom is 0.0384 e. The molecule has 102 valence electrons. The molecule has 1 nitrogen and oxygen atoms in total. The van der Waals surface area contributed by atoms with Crippen LogP contribution in [0.4, 0.5) is 5.69 Å². The van der Waals surface area contributed by atoms with Gasteiger partial charge in [-0.1, -0.05) is 64.1 Å². The van der Waals surface area contributed by atoms with Crippen LogP contribution < -0.4 is 5.73 Å². The Labute approximate surface area is 117 Å². The number of allylic oxidation sites excluding steroid dienone is 4. The molecule has 0 amide bonds. The van der Waals surface area contributed by atoms with Crippen molar-refractivity contribution in [2.45, 2.75) is 51.9 Å². The van der Waals surface area contributed by atoms with E-state index in [4.69, 9.17) is 5.73 Å². The summed E-state index contributed by atoms with van der Waals surface area (Å²) in [5.74, 6) is 1.45. The number of benzene rings is 1. The second-order valence-electron chi connectivity index (χ2n) is 6.08. The lowest BCUT2D eigenvalue weighted by atomic mass is 9.85. The number of hydrogen-bond acceptors (Lipinski definition) is 1. The maximum absolute atomic E-state index is 6.35. The molecule has 0 bridgehead atoms. The third-order valence-electron chi connectivity index (χ3n) is 3.92. The van der Waals surface area contributed by atoms with Crippen molar-refractivity contribution in [3.63, 3.8) is 0 Å². The highest BCUT2D eigenvalue weighted by Gasteiger charge is 2.17. The van der Waals surface area contributed by atoms with E-state index in [1.807, 2.05) is 0 Å². The Morgan fingerprint density at radius 3 is 2.00 bits per heavy atom. The molecule has 1 atom stereocenters. The van der Waals surface area contributed by atoms with E-state index in [9.17, 15) is 0 Å². The minimum Gasteiger partial charge on any atom is -0.398 e. The molecule has 1 aromatic rings. The number of nitrogens with two attached hydrogens (primary N) is 1. The van der Waals surface area contributed by atoms with Gasteiger partial charge in [0.25, 0.3) is 0 Å². The number of nitrogen functional groups attached to an aromatic ring is 1. The van der Waals surface area contributed by atoms with Crippen LogP contribution in [0.15, 0.2) is 36.4 Å². The summed E-state index contributed by atoms with van der Waals surface area (Å²) in [6, 6.07) is 4.61.